The van der Waals surface area contributed by atoms with Crippen LogP contribution in [0.2, 0.25) is 0 Å². The topological polar surface area (TPSA) is 63.6 Å². The Bertz CT molecular complexity index is 476. The number of carbonyl (C=O) groups excluding carboxylic acids is 1. The van der Waals surface area contributed by atoms with E-state index in [9.17, 15) is 9.59 Å². The van der Waals surface area contributed by atoms with Crippen LogP contribution in [0.25, 0.3) is 0 Å². The maximum absolute atomic E-state index is 11.7. The van der Waals surface area contributed by atoms with Gasteiger partial charge < -0.3 is 9.84 Å². The monoisotopic (exact) mass is 346 g/mol. The van der Waals surface area contributed by atoms with Crippen molar-refractivity contribution < 1.29 is 19.4 Å². The third-order valence-electron chi connectivity index (χ3n) is 2.36. The minimum Gasteiger partial charge on any atom is -0.478 e. The molecule has 4 nitrogen and oxygen atoms in total. The third kappa shape index (κ3) is 4.54. The fourth-order valence-corrected chi connectivity index (χ4v) is 3.08. The molecule has 1 unspecified atom stereocenters. The third-order valence-corrected chi connectivity index (χ3v) is 4.26. The van der Waals surface area contributed by atoms with Crippen LogP contribution in [0.5, 0.6) is 0 Å². The molecule has 6 heteroatoms. The van der Waals surface area contributed by atoms with Gasteiger partial charge in [0.15, 0.2) is 0 Å². The molecule has 0 radical (unpaired) electrons. The first-order valence-electron chi connectivity index (χ1n) is 5.85. The van der Waals surface area contributed by atoms with Crippen LogP contribution >= 0.6 is 27.7 Å². The molecule has 1 atom stereocenters. The van der Waals surface area contributed by atoms with Crippen molar-refractivity contribution >= 4 is 39.6 Å². The van der Waals surface area contributed by atoms with Gasteiger partial charge in [-0.05, 0) is 31.5 Å². The predicted molar refractivity (Wildman–Crippen MR) is 77.7 cm³/mol. The summed E-state index contributed by atoms with van der Waals surface area (Å²) in [6.45, 7) is 3.93. The highest BCUT2D eigenvalue weighted by Gasteiger charge is 2.22. The lowest BCUT2D eigenvalue weighted by Gasteiger charge is -2.14. The lowest BCUT2D eigenvalue weighted by Crippen LogP contribution is -2.19. The maximum atomic E-state index is 11.7. The number of carboxylic acid groups (broad SMARTS) is 1. The quantitative estimate of drug-likeness (QED) is 0.629. The van der Waals surface area contributed by atoms with Crippen LogP contribution in [0.3, 0.4) is 0 Å². The molecule has 0 aliphatic heterocycles. The van der Waals surface area contributed by atoms with Gasteiger partial charge in [-0.25, -0.2) is 4.79 Å². The molecule has 1 rings (SSSR count). The number of rotatable bonds is 6. The molecule has 0 amide bonds. The van der Waals surface area contributed by atoms with E-state index in [4.69, 9.17) is 9.84 Å². The molecule has 0 spiro atoms. The molecule has 1 N–H and O–H groups in total. The van der Waals surface area contributed by atoms with Crippen LogP contribution in [-0.2, 0) is 9.53 Å². The Hall–Kier alpha value is -1.01. The van der Waals surface area contributed by atoms with Crippen molar-refractivity contribution in [3.05, 3.63) is 28.2 Å². The van der Waals surface area contributed by atoms with Crippen LogP contribution in [0, 0.1) is 0 Å². The van der Waals surface area contributed by atoms with Crippen molar-refractivity contribution in [2.45, 2.75) is 30.4 Å². The zero-order valence-corrected chi connectivity index (χ0v) is 13.1. The number of ether oxygens (including phenoxy) is 1. The van der Waals surface area contributed by atoms with Crippen molar-refractivity contribution in [2.75, 3.05) is 6.61 Å². The van der Waals surface area contributed by atoms with Gasteiger partial charge in [-0.1, -0.05) is 22.9 Å². The first-order valence-corrected chi connectivity index (χ1v) is 7.53. The average molecular weight is 347 g/mol. The normalized spacial score (nSPS) is 11.9. The van der Waals surface area contributed by atoms with E-state index < -0.39 is 11.2 Å². The van der Waals surface area contributed by atoms with Gasteiger partial charge in [0.2, 0.25) is 0 Å². The molecule has 0 aromatic heterocycles. The summed E-state index contributed by atoms with van der Waals surface area (Å²) in [5, 5.41) is 8.74. The molecule has 0 aliphatic carbocycles. The number of esters is 1. The fraction of sp³-hybridized carbons (Fsp3) is 0.385. The number of aromatic carboxylic acids is 1. The largest absolute Gasteiger partial charge is 0.478 e. The molecular weight excluding hydrogens is 332 g/mol. The summed E-state index contributed by atoms with van der Waals surface area (Å²) < 4.78 is 5.76. The molecule has 1 aromatic carbocycles. The summed E-state index contributed by atoms with van der Waals surface area (Å²) in [4.78, 5) is 23.5. The molecule has 0 saturated heterocycles. The van der Waals surface area contributed by atoms with Gasteiger partial charge in [-0.3, -0.25) is 4.79 Å². The fourth-order valence-electron chi connectivity index (χ4n) is 1.46. The molecule has 0 saturated carbocycles. The Morgan fingerprint density at radius 2 is 2.11 bits per heavy atom. The van der Waals surface area contributed by atoms with Crippen molar-refractivity contribution in [1.82, 2.24) is 0 Å². The molecule has 1 aromatic rings. The Morgan fingerprint density at radius 1 is 1.42 bits per heavy atom. The Morgan fingerprint density at radius 3 is 2.63 bits per heavy atom. The molecule has 0 aliphatic rings. The predicted octanol–water partition coefficient (Wildman–Crippen LogP) is 3.58. The van der Waals surface area contributed by atoms with Crippen LogP contribution in [-0.4, -0.2) is 28.9 Å². The summed E-state index contributed by atoms with van der Waals surface area (Å²) in [6, 6.07) is 4.89. The highest BCUT2D eigenvalue weighted by atomic mass is 79.9. The summed E-state index contributed by atoms with van der Waals surface area (Å²) >= 11 is 4.52. The van der Waals surface area contributed by atoms with E-state index in [2.05, 4.69) is 15.9 Å². The van der Waals surface area contributed by atoms with Crippen molar-refractivity contribution in [2.24, 2.45) is 0 Å². The highest BCUT2D eigenvalue weighted by Crippen LogP contribution is 2.31. The number of halogens is 1. The van der Waals surface area contributed by atoms with E-state index in [0.29, 0.717) is 17.9 Å². The van der Waals surface area contributed by atoms with Crippen LogP contribution < -0.4 is 0 Å². The first kappa shape index (κ1) is 16.0. The number of benzene rings is 1. The Labute approximate surface area is 124 Å². The lowest BCUT2D eigenvalue weighted by atomic mass is 10.2. The number of hydrogen-bond donors (Lipinski definition) is 1. The van der Waals surface area contributed by atoms with E-state index >= 15 is 0 Å². The summed E-state index contributed by atoms with van der Waals surface area (Å²) in [5.41, 5.74) is 0.191. The number of carboxylic acids is 1. The Kier molecular flexibility index (Phi) is 6.37. The van der Waals surface area contributed by atoms with Gasteiger partial charge in [0, 0.05) is 9.37 Å². The van der Waals surface area contributed by atoms with Gasteiger partial charge in [-0.15, -0.1) is 11.8 Å². The molecule has 0 bridgehead atoms. The number of carbonyl (C=O) groups is 2. The van der Waals surface area contributed by atoms with Crippen molar-refractivity contribution in [3.8, 4) is 0 Å². The summed E-state index contributed by atoms with van der Waals surface area (Å²) in [7, 11) is 0. The summed E-state index contributed by atoms with van der Waals surface area (Å²) in [6.07, 6.45) is 0.578. The second-order valence-corrected chi connectivity index (χ2v) is 5.87. The van der Waals surface area contributed by atoms with Crippen molar-refractivity contribution in [1.29, 1.82) is 0 Å². The average Bonchev–Trinajstić information content (AvgIpc) is 2.35. The lowest BCUT2D eigenvalue weighted by molar-refractivity contribution is -0.142. The molecule has 104 valence electrons. The maximum Gasteiger partial charge on any atom is 0.336 e. The van der Waals surface area contributed by atoms with Gasteiger partial charge in [0.1, 0.15) is 5.25 Å². The van der Waals surface area contributed by atoms with Gasteiger partial charge in [-0.2, -0.15) is 0 Å². The number of hydrogen-bond acceptors (Lipinski definition) is 4. The van der Waals surface area contributed by atoms with E-state index in [1.54, 1.807) is 19.1 Å². The first-order chi connectivity index (χ1) is 8.99. The molecular formula is C13H15BrO4S. The standard InChI is InChI=1S/C13H15BrO4S/c1-3-10(13(17)18-4-2)19-11-7-8(14)5-6-9(11)12(15)16/h5-7,10H,3-4H2,1-2H3,(H,15,16). The SMILES string of the molecule is CCOC(=O)C(CC)Sc1cc(Br)ccc1C(=O)O. The van der Waals surface area contributed by atoms with Crippen LogP contribution in [0.15, 0.2) is 27.6 Å². The molecule has 0 heterocycles. The zero-order valence-electron chi connectivity index (χ0n) is 10.7. The van der Waals surface area contributed by atoms with Crippen molar-refractivity contribution in [3.63, 3.8) is 0 Å². The van der Waals surface area contributed by atoms with E-state index in [1.807, 2.05) is 6.92 Å². The summed E-state index contributed by atoms with van der Waals surface area (Å²) in [5.74, 6) is -1.32. The second-order valence-electron chi connectivity index (χ2n) is 3.71. The smallest absolute Gasteiger partial charge is 0.336 e. The molecule has 0 fully saturated rings. The van der Waals surface area contributed by atoms with Gasteiger partial charge in [0.05, 0.1) is 12.2 Å². The van der Waals surface area contributed by atoms with Crippen LogP contribution in [0.1, 0.15) is 30.6 Å². The van der Waals surface area contributed by atoms with E-state index in [1.165, 1.54) is 17.8 Å². The second kappa shape index (κ2) is 7.55. The minimum atomic E-state index is -1.01. The van der Waals surface area contributed by atoms with Crippen LogP contribution in [0.4, 0.5) is 0 Å². The molecule has 19 heavy (non-hydrogen) atoms. The van der Waals surface area contributed by atoms with E-state index in [-0.39, 0.29) is 11.5 Å². The number of thioether (sulfide) groups is 1. The minimum absolute atomic E-state index is 0.191. The van der Waals surface area contributed by atoms with Gasteiger partial charge >= 0.3 is 11.9 Å². The Balaban J connectivity index is 2.99. The zero-order chi connectivity index (χ0) is 14.4. The highest BCUT2D eigenvalue weighted by molar-refractivity contribution is 9.10. The van der Waals surface area contributed by atoms with Gasteiger partial charge in [0.25, 0.3) is 0 Å². The van der Waals surface area contributed by atoms with E-state index in [0.717, 1.165) is 4.47 Å².